The van der Waals surface area contributed by atoms with Crippen LogP contribution in [0.2, 0.25) is 5.02 Å². The fourth-order valence-corrected chi connectivity index (χ4v) is 3.92. The summed E-state index contributed by atoms with van der Waals surface area (Å²) in [5, 5.41) is 10.8. The molecule has 0 amide bonds. The average molecular weight is 419 g/mol. The monoisotopic (exact) mass is 418 g/mol. The molecule has 6 heteroatoms. The highest BCUT2D eigenvalue weighted by atomic mass is 35.5. The molecule has 0 aliphatic heterocycles. The fourth-order valence-electron chi connectivity index (χ4n) is 3.73. The van der Waals surface area contributed by atoms with Gasteiger partial charge in [0.1, 0.15) is 5.65 Å². The van der Waals surface area contributed by atoms with E-state index in [1.54, 1.807) is 28.8 Å². The molecule has 2 aromatic heterocycles. The number of rotatable bonds is 4. The molecule has 5 nitrogen and oxygen atoms in total. The van der Waals surface area contributed by atoms with Crippen molar-refractivity contribution >= 4 is 28.6 Å². The molecule has 0 bridgehead atoms. The number of benzene rings is 2. The van der Waals surface area contributed by atoms with Gasteiger partial charge >= 0.3 is 5.97 Å². The largest absolute Gasteiger partial charge is 0.478 e. The number of halogens is 1. The van der Waals surface area contributed by atoms with Gasteiger partial charge in [-0.05, 0) is 61.4 Å². The van der Waals surface area contributed by atoms with Crippen LogP contribution in [0, 0.1) is 6.92 Å². The molecule has 0 fully saturated rings. The molecule has 0 aliphatic rings. The van der Waals surface area contributed by atoms with E-state index in [4.69, 9.17) is 11.6 Å². The van der Waals surface area contributed by atoms with Gasteiger partial charge in [0.05, 0.1) is 11.1 Å². The fraction of sp³-hybridized carbons (Fsp3) is 0.125. The zero-order chi connectivity index (χ0) is 21.4. The Balaban J connectivity index is 2.21. The first-order chi connectivity index (χ1) is 14.4. The van der Waals surface area contributed by atoms with Crippen LogP contribution in [0.25, 0.3) is 33.3 Å². The number of pyridine rings is 2. The Labute approximate surface area is 178 Å². The molecule has 4 aromatic rings. The summed E-state index contributed by atoms with van der Waals surface area (Å²) < 4.78 is 1.62. The molecule has 2 heterocycles. The van der Waals surface area contributed by atoms with Gasteiger partial charge in [-0.2, -0.15) is 0 Å². The number of aromatic carboxylic acids is 1. The zero-order valence-electron chi connectivity index (χ0n) is 16.5. The molecular weight excluding hydrogens is 400 g/mol. The molecule has 1 N–H and O–H groups in total. The molecule has 0 radical (unpaired) electrons. The van der Waals surface area contributed by atoms with Gasteiger partial charge in [0.15, 0.2) is 0 Å². The van der Waals surface area contributed by atoms with Crippen molar-refractivity contribution in [3.05, 3.63) is 87.3 Å². The Kier molecular flexibility index (Phi) is 5.14. The summed E-state index contributed by atoms with van der Waals surface area (Å²) in [6, 6.07) is 17.6. The summed E-state index contributed by atoms with van der Waals surface area (Å²) in [6.07, 6.45) is 0. The number of carbonyl (C=O) groups is 1. The van der Waals surface area contributed by atoms with Crippen molar-refractivity contribution < 1.29 is 9.90 Å². The van der Waals surface area contributed by atoms with Gasteiger partial charge in [-0.25, -0.2) is 9.78 Å². The lowest BCUT2D eigenvalue weighted by Gasteiger charge is -2.18. The van der Waals surface area contributed by atoms with E-state index < -0.39 is 5.97 Å². The number of hydrogen-bond donors (Lipinski definition) is 1. The third-order valence-corrected chi connectivity index (χ3v) is 5.31. The van der Waals surface area contributed by atoms with Crippen LogP contribution in [0.15, 0.2) is 65.5 Å². The van der Waals surface area contributed by atoms with Gasteiger partial charge in [-0.15, -0.1) is 0 Å². The maximum absolute atomic E-state index is 13.6. The number of nitrogens with zero attached hydrogens (tertiary/aromatic N) is 2. The molecule has 0 saturated carbocycles. The van der Waals surface area contributed by atoms with Crippen molar-refractivity contribution in [3.8, 4) is 22.3 Å². The Morgan fingerprint density at radius 3 is 2.40 bits per heavy atom. The van der Waals surface area contributed by atoms with Crippen molar-refractivity contribution in [1.29, 1.82) is 0 Å². The number of hydrogen-bond acceptors (Lipinski definition) is 3. The van der Waals surface area contributed by atoms with E-state index in [-0.39, 0.29) is 11.1 Å². The number of carboxylic acids is 1. The van der Waals surface area contributed by atoms with Crippen LogP contribution in [0.5, 0.6) is 0 Å². The van der Waals surface area contributed by atoms with E-state index in [1.165, 1.54) is 12.1 Å². The Morgan fingerprint density at radius 1 is 1.03 bits per heavy atom. The quantitative estimate of drug-likeness (QED) is 0.481. The topological polar surface area (TPSA) is 72.2 Å². The van der Waals surface area contributed by atoms with E-state index in [1.807, 2.05) is 38.1 Å². The van der Waals surface area contributed by atoms with Crippen LogP contribution in [-0.4, -0.2) is 20.6 Å². The molecule has 0 saturated heterocycles. The van der Waals surface area contributed by atoms with Crippen LogP contribution in [-0.2, 0) is 6.54 Å². The van der Waals surface area contributed by atoms with Crippen molar-refractivity contribution in [1.82, 2.24) is 9.55 Å². The molecule has 150 valence electrons. The van der Waals surface area contributed by atoms with Crippen molar-refractivity contribution in [3.63, 3.8) is 0 Å². The van der Waals surface area contributed by atoms with Crippen molar-refractivity contribution in [2.24, 2.45) is 0 Å². The van der Waals surface area contributed by atoms with Crippen molar-refractivity contribution in [2.45, 2.75) is 20.4 Å². The van der Waals surface area contributed by atoms with Gasteiger partial charge in [-0.1, -0.05) is 35.9 Å². The van der Waals surface area contributed by atoms with Gasteiger partial charge in [0.25, 0.3) is 5.56 Å². The minimum atomic E-state index is -1.05. The predicted octanol–water partition coefficient (Wildman–Crippen LogP) is 5.41. The van der Waals surface area contributed by atoms with Crippen LogP contribution < -0.4 is 5.56 Å². The first-order valence-electron chi connectivity index (χ1n) is 9.54. The summed E-state index contributed by atoms with van der Waals surface area (Å²) in [5.41, 5.74) is 3.73. The van der Waals surface area contributed by atoms with Gasteiger partial charge in [0.2, 0.25) is 0 Å². The Bertz CT molecular complexity index is 1360. The molecular formula is C24H19ClN2O3. The van der Waals surface area contributed by atoms with Crippen LogP contribution in [0.1, 0.15) is 23.0 Å². The smallest absolute Gasteiger partial charge is 0.335 e. The lowest BCUT2D eigenvalue weighted by atomic mass is 9.92. The zero-order valence-corrected chi connectivity index (χ0v) is 17.3. The summed E-state index contributed by atoms with van der Waals surface area (Å²) in [6.45, 7) is 4.21. The highest BCUT2D eigenvalue weighted by Gasteiger charge is 2.21. The third-order valence-electron chi connectivity index (χ3n) is 5.08. The number of aryl methyl sites for hydroxylation is 2. The summed E-state index contributed by atoms with van der Waals surface area (Å²) in [7, 11) is 0. The molecule has 2 aromatic carbocycles. The van der Waals surface area contributed by atoms with Gasteiger partial charge < -0.3 is 5.11 Å². The minimum Gasteiger partial charge on any atom is -0.478 e. The maximum atomic E-state index is 13.6. The molecule has 0 unspecified atom stereocenters. The maximum Gasteiger partial charge on any atom is 0.335 e. The van der Waals surface area contributed by atoms with Crippen LogP contribution in [0.4, 0.5) is 0 Å². The first kappa shape index (κ1) is 19.9. The standard InChI is InChI=1S/C24H19ClN2O3/c1-3-27-22-19(11-10-14(2)26-22)20(16-7-5-9-18(25)13-16)21(23(27)28)15-6-4-8-17(12-15)24(29)30/h4-13H,3H2,1-2H3,(H,29,30). The first-order valence-corrected chi connectivity index (χ1v) is 9.92. The molecule has 0 atom stereocenters. The summed E-state index contributed by atoms with van der Waals surface area (Å²) >= 11 is 6.26. The lowest BCUT2D eigenvalue weighted by Crippen LogP contribution is -2.23. The third kappa shape index (κ3) is 3.37. The lowest BCUT2D eigenvalue weighted by molar-refractivity contribution is 0.0697. The number of carboxylic acid groups (broad SMARTS) is 1. The summed E-state index contributed by atoms with van der Waals surface area (Å²) in [4.78, 5) is 29.8. The summed E-state index contributed by atoms with van der Waals surface area (Å²) in [5.74, 6) is -1.05. The van der Waals surface area contributed by atoms with Crippen molar-refractivity contribution in [2.75, 3.05) is 0 Å². The second-order valence-electron chi connectivity index (χ2n) is 7.02. The van der Waals surface area contributed by atoms with E-state index in [0.717, 1.165) is 16.6 Å². The molecule has 0 aliphatic carbocycles. The number of fused-ring (bicyclic) bond motifs is 1. The molecule has 4 rings (SSSR count). The van der Waals surface area contributed by atoms with E-state index in [0.29, 0.717) is 33.9 Å². The molecule has 30 heavy (non-hydrogen) atoms. The van der Waals surface area contributed by atoms with E-state index in [2.05, 4.69) is 4.98 Å². The predicted molar refractivity (Wildman–Crippen MR) is 119 cm³/mol. The SMILES string of the molecule is CCn1c(=O)c(-c2cccc(C(=O)O)c2)c(-c2cccc(Cl)c2)c2ccc(C)nc21. The normalized spacial score (nSPS) is 11.0. The molecule has 0 spiro atoms. The average Bonchev–Trinajstić information content (AvgIpc) is 2.73. The second kappa shape index (κ2) is 7.76. The highest BCUT2D eigenvalue weighted by molar-refractivity contribution is 6.31. The number of aromatic nitrogens is 2. The Morgan fingerprint density at radius 2 is 1.73 bits per heavy atom. The highest BCUT2D eigenvalue weighted by Crippen LogP contribution is 2.36. The van der Waals surface area contributed by atoms with Crippen LogP contribution in [0.3, 0.4) is 0 Å². The van der Waals surface area contributed by atoms with E-state index >= 15 is 0 Å². The Hall–Kier alpha value is -3.44. The minimum absolute atomic E-state index is 0.120. The van der Waals surface area contributed by atoms with Gasteiger partial charge in [-0.3, -0.25) is 9.36 Å². The van der Waals surface area contributed by atoms with E-state index in [9.17, 15) is 14.7 Å². The van der Waals surface area contributed by atoms with Crippen LogP contribution >= 0.6 is 11.6 Å². The second-order valence-corrected chi connectivity index (χ2v) is 7.46. The van der Waals surface area contributed by atoms with Gasteiger partial charge in [0, 0.05) is 28.2 Å².